The molecule has 0 radical (unpaired) electrons. The highest BCUT2D eigenvalue weighted by Crippen LogP contribution is 2.39. The van der Waals surface area contributed by atoms with Crippen LogP contribution in [0.25, 0.3) is 0 Å². The molecule has 1 aliphatic carbocycles. The van der Waals surface area contributed by atoms with E-state index in [-0.39, 0.29) is 115 Å². The molecule has 4 aromatic carbocycles. The van der Waals surface area contributed by atoms with E-state index >= 15 is 0 Å². The Labute approximate surface area is 261 Å². The van der Waals surface area contributed by atoms with Gasteiger partial charge in [-0.2, -0.15) is 0 Å². The summed E-state index contributed by atoms with van der Waals surface area (Å²) >= 11 is 0. The molecule has 6 N–H and O–H groups in total. The number of methoxy groups -OCH3 is 2. The van der Waals surface area contributed by atoms with Gasteiger partial charge in [0.25, 0.3) is 0 Å². The van der Waals surface area contributed by atoms with Gasteiger partial charge in [-0.3, -0.25) is 0 Å². The van der Waals surface area contributed by atoms with Crippen molar-refractivity contribution in [2.24, 2.45) is 0 Å². The maximum absolute atomic E-state index is 12.2. The molecule has 0 saturated carbocycles. The number of carboxylic acid groups (broad SMARTS) is 4. The fraction of sp³-hybridized carbons (Fsp3) is 0.176. The SMILES string of the molecule is COc1c2cc(C(=O)O)cc1Cc1cc(C(=O)O)cc(c1O)Cc1cc(C(=O)O)cc(c1OC)Cc1cc(C(=O)O)cc(c1O)C2. The van der Waals surface area contributed by atoms with Crippen molar-refractivity contribution >= 4 is 23.9 Å². The quantitative estimate of drug-likeness (QED) is 0.153. The number of carbonyl (C=O) groups is 4. The molecule has 0 aliphatic heterocycles. The normalized spacial score (nSPS) is 12.2. The maximum Gasteiger partial charge on any atom is 0.335 e. The molecule has 12 nitrogen and oxygen atoms in total. The third kappa shape index (κ3) is 5.87. The third-order valence-corrected chi connectivity index (χ3v) is 7.94. The first kappa shape index (κ1) is 31.4. The minimum atomic E-state index is -1.29. The van der Waals surface area contributed by atoms with Gasteiger partial charge >= 0.3 is 23.9 Å². The summed E-state index contributed by atoms with van der Waals surface area (Å²) in [5.41, 5.74) is 0.934. The highest BCUT2D eigenvalue weighted by Gasteiger charge is 2.25. The number of phenols is 2. The van der Waals surface area contributed by atoms with Crippen molar-refractivity contribution in [2.75, 3.05) is 14.2 Å². The molecule has 0 atom stereocenters. The van der Waals surface area contributed by atoms with Crippen molar-refractivity contribution in [3.63, 3.8) is 0 Å². The second-order valence-corrected chi connectivity index (χ2v) is 10.9. The van der Waals surface area contributed by atoms with Crippen molar-refractivity contribution in [3.05, 3.63) is 115 Å². The van der Waals surface area contributed by atoms with Crippen molar-refractivity contribution < 1.29 is 59.3 Å². The summed E-state index contributed by atoms with van der Waals surface area (Å²) in [4.78, 5) is 48.6. The number of fused-ring (bicyclic) bond motifs is 8. The smallest absolute Gasteiger partial charge is 0.335 e. The minimum Gasteiger partial charge on any atom is -0.507 e. The molecule has 46 heavy (non-hydrogen) atoms. The first-order valence-corrected chi connectivity index (χ1v) is 13.8. The number of hydrogen-bond acceptors (Lipinski definition) is 8. The minimum absolute atomic E-state index is 0.125. The number of aromatic carboxylic acids is 4. The van der Waals surface area contributed by atoms with Crippen LogP contribution in [0.5, 0.6) is 23.0 Å². The van der Waals surface area contributed by atoms with Crippen LogP contribution in [0.2, 0.25) is 0 Å². The summed E-state index contributed by atoms with van der Waals surface area (Å²) in [6.07, 6.45) is -0.717. The van der Waals surface area contributed by atoms with Crippen LogP contribution in [0.4, 0.5) is 0 Å². The van der Waals surface area contributed by atoms with E-state index in [2.05, 4.69) is 0 Å². The third-order valence-electron chi connectivity index (χ3n) is 7.94. The Morgan fingerprint density at radius 3 is 0.804 bits per heavy atom. The van der Waals surface area contributed by atoms with Crippen LogP contribution in [-0.2, 0) is 25.7 Å². The van der Waals surface area contributed by atoms with Gasteiger partial charge in [-0.25, -0.2) is 19.2 Å². The van der Waals surface area contributed by atoms with Gasteiger partial charge < -0.3 is 40.1 Å². The Hall–Kier alpha value is -6.04. The van der Waals surface area contributed by atoms with Gasteiger partial charge in [-0.1, -0.05) is 0 Å². The molecule has 1 aliphatic rings. The lowest BCUT2D eigenvalue weighted by atomic mass is 9.88. The summed E-state index contributed by atoms with van der Waals surface area (Å²) in [6.45, 7) is 0. The van der Waals surface area contributed by atoms with Gasteiger partial charge in [0, 0.05) is 25.7 Å². The summed E-state index contributed by atoms with van der Waals surface area (Å²) in [7, 11) is 2.69. The average Bonchev–Trinajstić information content (AvgIpc) is 2.99. The van der Waals surface area contributed by atoms with Gasteiger partial charge in [0.15, 0.2) is 0 Å². The molecular weight excluding hydrogens is 600 g/mol. The molecule has 12 heteroatoms. The van der Waals surface area contributed by atoms with Crippen molar-refractivity contribution in [3.8, 4) is 23.0 Å². The second-order valence-electron chi connectivity index (χ2n) is 10.9. The topological polar surface area (TPSA) is 208 Å². The Bertz CT molecular complexity index is 1720. The summed E-state index contributed by atoms with van der Waals surface area (Å²) in [5.74, 6) is -5.35. The lowest BCUT2D eigenvalue weighted by molar-refractivity contribution is 0.0686. The van der Waals surface area contributed by atoms with Crippen molar-refractivity contribution in [1.29, 1.82) is 0 Å². The maximum atomic E-state index is 12.2. The van der Waals surface area contributed by atoms with Gasteiger partial charge in [0.05, 0.1) is 36.5 Å². The average molecular weight is 629 g/mol. The molecule has 4 aromatic rings. The van der Waals surface area contributed by atoms with Gasteiger partial charge in [-0.05, 0) is 93.0 Å². The number of carboxylic acids is 4. The summed E-state index contributed by atoms with van der Waals surface area (Å²) in [5, 5.41) is 62.5. The first-order valence-electron chi connectivity index (χ1n) is 13.8. The van der Waals surface area contributed by atoms with Crippen LogP contribution in [0.3, 0.4) is 0 Å². The Morgan fingerprint density at radius 1 is 0.435 bits per heavy atom. The van der Waals surface area contributed by atoms with Gasteiger partial charge in [0.2, 0.25) is 0 Å². The fourth-order valence-electron chi connectivity index (χ4n) is 5.93. The second kappa shape index (κ2) is 12.2. The van der Waals surface area contributed by atoms with Crippen LogP contribution in [-0.4, -0.2) is 68.7 Å². The first-order chi connectivity index (χ1) is 21.8. The van der Waals surface area contributed by atoms with Crippen molar-refractivity contribution in [2.45, 2.75) is 25.7 Å². The number of phenolic OH excluding ortho intramolecular Hbond substituents is 2. The lowest BCUT2D eigenvalue weighted by Crippen LogP contribution is -2.09. The van der Waals surface area contributed by atoms with E-state index in [1.54, 1.807) is 0 Å². The molecule has 8 bridgehead atoms. The van der Waals surface area contributed by atoms with E-state index < -0.39 is 23.9 Å². The Balaban J connectivity index is 1.90. The number of benzene rings is 4. The highest BCUT2D eigenvalue weighted by molar-refractivity contribution is 5.91. The highest BCUT2D eigenvalue weighted by atomic mass is 16.5. The largest absolute Gasteiger partial charge is 0.507 e. The molecule has 0 saturated heterocycles. The monoisotopic (exact) mass is 628 g/mol. The van der Waals surface area contributed by atoms with Gasteiger partial charge in [0.1, 0.15) is 23.0 Å². The Morgan fingerprint density at radius 2 is 0.630 bits per heavy atom. The molecular formula is C34H28O12. The number of hydrogen-bond donors (Lipinski definition) is 6. The molecule has 0 aromatic heterocycles. The molecule has 0 spiro atoms. The van der Waals surface area contributed by atoms with Crippen LogP contribution < -0.4 is 9.47 Å². The molecule has 0 fully saturated rings. The van der Waals surface area contributed by atoms with Crippen molar-refractivity contribution in [1.82, 2.24) is 0 Å². The van der Waals surface area contributed by atoms with E-state index in [0.29, 0.717) is 0 Å². The number of ether oxygens (including phenoxy) is 2. The van der Waals surface area contributed by atoms with Gasteiger partial charge in [-0.15, -0.1) is 0 Å². The zero-order chi connectivity index (χ0) is 33.4. The fourth-order valence-corrected chi connectivity index (χ4v) is 5.93. The van der Waals surface area contributed by atoms with Crippen LogP contribution >= 0.6 is 0 Å². The molecule has 0 unspecified atom stereocenters. The summed E-state index contributed by atoms with van der Waals surface area (Å²) in [6, 6.07) is 10.3. The standard InChI is InChI=1S/C34H28O12/c1-45-29-19-3-15-7-23(31(37)38)9-17(27(15)35)5-21-13-26(34(43)44)14-22(30(21)46-2)6-18-10-24(32(39)40)8-16(28(18)36)4-20(29)12-25(11-19)33(41)42/h7-14,35-36H,3-6H2,1-2H3,(H,37,38)(H,39,40)(H,41,42)(H,43,44). The molecule has 0 amide bonds. The van der Waals surface area contributed by atoms with E-state index in [0.717, 1.165) is 0 Å². The molecule has 5 rings (SSSR count). The van der Waals surface area contributed by atoms with E-state index in [9.17, 15) is 49.8 Å². The lowest BCUT2D eigenvalue weighted by Gasteiger charge is -2.21. The zero-order valence-corrected chi connectivity index (χ0v) is 24.6. The van der Waals surface area contributed by atoms with E-state index in [1.165, 1.54) is 62.8 Å². The number of aromatic hydroxyl groups is 2. The van der Waals surface area contributed by atoms with Crippen LogP contribution in [0.1, 0.15) is 85.9 Å². The predicted octanol–water partition coefficient (Wildman–Crippen LogP) is 4.58. The Kier molecular flexibility index (Phi) is 8.29. The van der Waals surface area contributed by atoms with E-state index in [1.807, 2.05) is 0 Å². The van der Waals surface area contributed by atoms with Crippen LogP contribution in [0, 0.1) is 0 Å². The molecule has 0 heterocycles. The zero-order valence-electron chi connectivity index (χ0n) is 24.6. The summed E-state index contributed by atoms with van der Waals surface area (Å²) < 4.78 is 11.3. The predicted molar refractivity (Wildman–Crippen MR) is 161 cm³/mol. The molecule has 236 valence electrons. The number of rotatable bonds is 6. The van der Waals surface area contributed by atoms with Crippen LogP contribution in [0.15, 0.2) is 48.5 Å². The van der Waals surface area contributed by atoms with E-state index in [4.69, 9.17) is 9.47 Å².